The van der Waals surface area contributed by atoms with Crippen molar-refractivity contribution in [2.24, 2.45) is 5.92 Å². The molecule has 1 aliphatic heterocycles. The van der Waals surface area contributed by atoms with Gasteiger partial charge in [0.15, 0.2) is 0 Å². The third-order valence-corrected chi connectivity index (χ3v) is 13.5. The maximum absolute atomic E-state index is 2.67. The molecule has 2 atom stereocenters. The van der Waals surface area contributed by atoms with Gasteiger partial charge in [-0.15, -0.1) is 0 Å². The Kier molecular flexibility index (Phi) is 4.87. The molecule has 0 radical (unpaired) electrons. The number of hydrogen-bond donors (Lipinski definition) is 0. The molecule has 82 valence electrons. The Morgan fingerprint density at radius 2 is 1.64 bits per heavy atom. The summed E-state index contributed by atoms with van der Waals surface area (Å²) in [5, 5.41) is 0. The second kappa shape index (κ2) is 5.27. The van der Waals surface area contributed by atoms with Crippen molar-refractivity contribution in [1.82, 2.24) is 0 Å². The van der Waals surface area contributed by atoms with Gasteiger partial charge in [-0.2, -0.15) is 0 Å². The fourth-order valence-electron chi connectivity index (χ4n) is 3.64. The summed E-state index contributed by atoms with van der Waals surface area (Å²) in [5.74, 6) is 2.21. The van der Waals surface area contributed by atoms with E-state index in [2.05, 4.69) is 30.7 Å². The molecule has 1 saturated heterocycles. The van der Waals surface area contributed by atoms with Gasteiger partial charge in [-0.25, -0.2) is 0 Å². The van der Waals surface area contributed by atoms with Crippen LogP contribution in [0.15, 0.2) is 0 Å². The molecule has 0 aromatic heterocycles. The van der Waals surface area contributed by atoms with Crippen LogP contribution < -0.4 is 0 Å². The predicted molar refractivity (Wildman–Crippen MR) is 71.3 cm³/mol. The molecule has 0 aliphatic carbocycles. The van der Waals surface area contributed by atoms with Gasteiger partial charge < -0.3 is 0 Å². The van der Waals surface area contributed by atoms with Crippen LogP contribution in [0.1, 0.15) is 27.2 Å². The van der Waals surface area contributed by atoms with Crippen LogP contribution in [0.4, 0.5) is 0 Å². The molecular weight excluding hydrogens is 274 g/mol. The average Bonchev–Trinajstić information content (AvgIpc) is 2.44. The Morgan fingerprint density at radius 1 is 1.07 bits per heavy atom. The first-order valence-corrected chi connectivity index (χ1v) is 16.3. The minimum atomic E-state index is -1.50. The monoisotopic (exact) mass is 302 g/mol. The molecule has 0 N–H and O–H groups in total. The maximum atomic E-state index is 2.67. The van der Waals surface area contributed by atoms with Crippen molar-refractivity contribution < 1.29 is 0 Å². The van der Waals surface area contributed by atoms with Crippen molar-refractivity contribution >= 4 is 25.1 Å². The van der Waals surface area contributed by atoms with Crippen LogP contribution in [0.5, 0.6) is 0 Å². The van der Waals surface area contributed by atoms with Crippen LogP contribution in [-0.2, 0) is 0 Å². The Hall–Kier alpha value is 0.864. The molecule has 14 heavy (non-hydrogen) atoms. The molecule has 0 unspecified atom stereocenters. The van der Waals surface area contributed by atoms with Crippen molar-refractivity contribution in [2.45, 2.75) is 64.4 Å². The van der Waals surface area contributed by atoms with E-state index in [9.17, 15) is 0 Å². The van der Waals surface area contributed by atoms with Crippen molar-refractivity contribution in [2.75, 3.05) is 0 Å². The normalized spacial score (nSPS) is 30.6. The Morgan fingerprint density at radius 3 is 2.07 bits per heavy atom. The summed E-state index contributed by atoms with van der Waals surface area (Å²) in [6.07, 6.45) is 4.28. The average molecular weight is 301 g/mol. The van der Waals surface area contributed by atoms with E-state index in [-0.39, 0.29) is 0 Å². The minimum absolute atomic E-state index is 1.04. The van der Waals surface area contributed by atoms with Gasteiger partial charge in [0.2, 0.25) is 0 Å². The summed E-state index contributed by atoms with van der Waals surface area (Å²) in [4.78, 5) is 5.33. The zero-order valence-electron chi connectivity index (χ0n) is 10.8. The molecule has 1 aliphatic rings. The topological polar surface area (TPSA) is 0 Å². The predicted octanol–water partition coefficient (Wildman–Crippen LogP) is 4.64. The van der Waals surface area contributed by atoms with Crippen LogP contribution in [-0.4, -0.2) is 25.1 Å². The summed E-state index contributed by atoms with van der Waals surface area (Å²) in [7, 11) is 0. The Bertz CT molecular complexity index is 175. The zero-order chi connectivity index (χ0) is 10.8. The first-order chi connectivity index (χ1) is 6.54. The van der Waals surface area contributed by atoms with Gasteiger partial charge in [0.05, 0.1) is 0 Å². The van der Waals surface area contributed by atoms with Crippen molar-refractivity contribution in [3.63, 3.8) is 0 Å². The summed E-state index contributed by atoms with van der Waals surface area (Å²) in [6, 6.07) is 0. The molecule has 1 heterocycles. The summed E-state index contributed by atoms with van der Waals surface area (Å²) < 4.78 is 3.35. The Labute approximate surface area is 95.2 Å². The van der Waals surface area contributed by atoms with E-state index in [1.54, 1.807) is 8.87 Å². The summed E-state index contributed by atoms with van der Waals surface area (Å²) in [5.41, 5.74) is 0. The van der Waals surface area contributed by atoms with Crippen LogP contribution in [0.2, 0.25) is 37.2 Å². The van der Waals surface area contributed by atoms with E-state index in [1.165, 1.54) is 19.1 Å². The van der Waals surface area contributed by atoms with Crippen molar-refractivity contribution in [3.8, 4) is 0 Å². The van der Waals surface area contributed by atoms with Gasteiger partial charge in [-0.05, 0) is 0 Å². The van der Waals surface area contributed by atoms with Gasteiger partial charge in [-0.1, -0.05) is 0 Å². The molecule has 0 saturated carbocycles. The first-order valence-electron chi connectivity index (χ1n) is 6.54. The molecule has 1 rings (SSSR count). The SMILES string of the molecule is CCB(CC)[C@H]1[CH2][Sn]([CH3])([CH3])[CH2][C@@H]1CC. The molecule has 1 fully saturated rings. The molecule has 2 heteroatoms. The molecule has 0 aromatic rings. The van der Waals surface area contributed by atoms with Crippen molar-refractivity contribution in [1.29, 1.82) is 0 Å². The van der Waals surface area contributed by atoms with E-state index in [0.717, 1.165) is 18.4 Å². The first kappa shape index (κ1) is 12.9. The van der Waals surface area contributed by atoms with Crippen LogP contribution in [0.25, 0.3) is 0 Å². The quantitative estimate of drug-likeness (QED) is 0.664. The molecule has 0 spiro atoms. The zero-order valence-corrected chi connectivity index (χ0v) is 13.6. The van der Waals surface area contributed by atoms with Gasteiger partial charge in [0, 0.05) is 0 Å². The summed E-state index contributed by atoms with van der Waals surface area (Å²) in [6.45, 7) is 8.23. The van der Waals surface area contributed by atoms with Gasteiger partial charge >= 0.3 is 95.4 Å². The molecule has 0 aromatic carbocycles. The van der Waals surface area contributed by atoms with Gasteiger partial charge in [0.1, 0.15) is 0 Å². The fraction of sp³-hybridized carbons (Fsp3) is 1.00. The number of hydrogen-bond acceptors (Lipinski definition) is 0. The number of rotatable bonds is 4. The summed E-state index contributed by atoms with van der Waals surface area (Å²) >= 11 is -1.50. The van der Waals surface area contributed by atoms with Crippen molar-refractivity contribution in [3.05, 3.63) is 0 Å². The second-order valence-corrected chi connectivity index (χ2v) is 20.7. The van der Waals surface area contributed by atoms with Crippen LogP contribution in [0.3, 0.4) is 0 Å². The fourth-order valence-corrected chi connectivity index (χ4v) is 15.4. The molecule has 0 amide bonds. The standard InChI is InChI=1S/C10H21B.2CH3.Sn/c1-6-9(4)10(5)11(7-2)8-3;;;/h9-10H,4-8H2,1-3H3;2*1H3;/t9-,10+;;;/m1.../s1. The van der Waals surface area contributed by atoms with Crippen LogP contribution >= 0.6 is 0 Å². The van der Waals surface area contributed by atoms with E-state index in [1.807, 2.05) is 0 Å². The van der Waals surface area contributed by atoms with E-state index < -0.39 is 18.4 Å². The third-order valence-electron chi connectivity index (χ3n) is 4.39. The van der Waals surface area contributed by atoms with Gasteiger partial charge in [-0.3, -0.25) is 0 Å². The third kappa shape index (κ3) is 2.93. The van der Waals surface area contributed by atoms with Gasteiger partial charge in [0.25, 0.3) is 0 Å². The second-order valence-electron chi connectivity index (χ2n) is 5.98. The van der Waals surface area contributed by atoms with E-state index >= 15 is 0 Å². The Balaban J connectivity index is 2.67. The molecule has 0 bridgehead atoms. The molecule has 0 nitrogen and oxygen atoms in total. The van der Waals surface area contributed by atoms with Crippen LogP contribution in [0, 0.1) is 5.92 Å². The van der Waals surface area contributed by atoms with E-state index in [0.29, 0.717) is 0 Å². The van der Waals surface area contributed by atoms with E-state index in [4.69, 9.17) is 0 Å². The molecular formula is C12H27BSn.